The van der Waals surface area contributed by atoms with Crippen molar-refractivity contribution in [2.24, 2.45) is 10.3 Å². The van der Waals surface area contributed by atoms with Gasteiger partial charge in [0.15, 0.2) is 5.66 Å². The first-order valence-corrected chi connectivity index (χ1v) is 16.4. The van der Waals surface area contributed by atoms with E-state index in [0.717, 1.165) is 32.7 Å². The zero-order chi connectivity index (χ0) is 34.6. The Bertz CT molecular complexity index is 1590. The number of sulfonamides is 1. The lowest BCUT2D eigenvalue weighted by atomic mass is 10.0. The molecule has 2 heterocycles. The van der Waals surface area contributed by atoms with Crippen molar-refractivity contribution in [1.29, 1.82) is 0 Å². The molecule has 0 aromatic heterocycles. The van der Waals surface area contributed by atoms with Crippen LogP contribution in [0, 0.1) is 0 Å². The average Bonchev–Trinajstić information content (AvgIpc) is 3.38. The number of carbonyl (C=O) groups excluding carboxylic acids is 3. The molecule has 0 radical (unpaired) electrons. The number of hydrogen-bond acceptors (Lipinski definition) is 10. The standard InChI is InChI=1S/C30H38F3N7O6S/c1-5-46-27(42)16-29(4)35-37-40(36-29)19-26(41)38-14-15-39(47(44,45)24-12-10-23(11-13-24)30(31,32)33)25(18-38)28(43)34-17-21-6-8-22(9-7-21)20(2)3/h6-13,20,25,36H,5,14-19H2,1-4H3,(H,34,43)/t25-,29?/m1/s1. The molecule has 0 spiro atoms. The van der Waals surface area contributed by atoms with E-state index in [1.54, 1.807) is 13.8 Å². The van der Waals surface area contributed by atoms with Gasteiger partial charge < -0.3 is 15.0 Å². The molecular weight excluding hydrogens is 643 g/mol. The number of hydrazine groups is 1. The molecule has 0 saturated carbocycles. The Kier molecular flexibility index (Phi) is 10.9. The van der Waals surface area contributed by atoms with E-state index in [9.17, 15) is 36.0 Å². The molecule has 4 rings (SSSR count). The largest absolute Gasteiger partial charge is 0.466 e. The lowest BCUT2D eigenvalue weighted by Gasteiger charge is -2.40. The Morgan fingerprint density at radius 3 is 2.34 bits per heavy atom. The minimum atomic E-state index is -4.66. The van der Waals surface area contributed by atoms with Crippen LogP contribution in [0.4, 0.5) is 13.2 Å². The Morgan fingerprint density at radius 2 is 1.74 bits per heavy atom. The van der Waals surface area contributed by atoms with Crippen molar-refractivity contribution >= 4 is 27.8 Å². The average molecular weight is 682 g/mol. The summed E-state index contributed by atoms with van der Waals surface area (Å²) >= 11 is 0. The Balaban J connectivity index is 1.50. The van der Waals surface area contributed by atoms with Gasteiger partial charge in [-0.2, -0.15) is 28.0 Å². The Morgan fingerprint density at radius 1 is 1.09 bits per heavy atom. The zero-order valence-corrected chi connectivity index (χ0v) is 27.3. The fourth-order valence-electron chi connectivity index (χ4n) is 5.12. The molecule has 1 saturated heterocycles. The van der Waals surface area contributed by atoms with Gasteiger partial charge in [0.05, 0.1) is 23.5 Å². The number of nitrogens with one attached hydrogen (secondary N) is 2. The zero-order valence-electron chi connectivity index (χ0n) is 26.5. The number of rotatable bonds is 11. The first-order valence-electron chi connectivity index (χ1n) is 15.0. The van der Waals surface area contributed by atoms with Gasteiger partial charge in [-0.15, -0.1) is 5.11 Å². The summed E-state index contributed by atoms with van der Waals surface area (Å²) in [6.45, 7) is 6.54. The van der Waals surface area contributed by atoms with Gasteiger partial charge in [0.2, 0.25) is 21.8 Å². The van der Waals surface area contributed by atoms with Gasteiger partial charge in [-0.3, -0.25) is 14.4 Å². The van der Waals surface area contributed by atoms with Crippen LogP contribution in [0.15, 0.2) is 63.8 Å². The molecule has 17 heteroatoms. The number of halogens is 3. The fraction of sp³-hybridized carbons (Fsp3) is 0.500. The van der Waals surface area contributed by atoms with Crippen molar-refractivity contribution < 1.29 is 40.7 Å². The third-order valence-electron chi connectivity index (χ3n) is 7.71. The molecule has 0 bridgehead atoms. The molecule has 0 aliphatic carbocycles. The van der Waals surface area contributed by atoms with Crippen LogP contribution in [-0.4, -0.2) is 85.0 Å². The lowest BCUT2D eigenvalue weighted by Crippen LogP contribution is -2.62. The number of esters is 1. The number of alkyl halides is 3. The number of carbonyl (C=O) groups is 3. The van der Waals surface area contributed by atoms with Crippen LogP contribution in [-0.2, 0) is 41.9 Å². The molecule has 2 aromatic rings. The summed E-state index contributed by atoms with van der Waals surface area (Å²) in [5, 5.41) is 11.8. The molecule has 1 fully saturated rings. The second-order valence-corrected chi connectivity index (χ2v) is 13.6. The summed E-state index contributed by atoms with van der Waals surface area (Å²) in [6.07, 6.45) is -4.80. The first kappa shape index (κ1) is 35.8. The topological polar surface area (TPSA) is 153 Å². The van der Waals surface area contributed by atoms with E-state index in [-0.39, 0.29) is 45.8 Å². The monoisotopic (exact) mass is 681 g/mol. The summed E-state index contributed by atoms with van der Waals surface area (Å²) in [6, 6.07) is 9.16. The van der Waals surface area contributed by atoms with Crippen molar-refractivity contribution in [3.8, 4) is 0 Å². The van der Waals surface area contributed by atoms with Crippen LogP contribution in [0.3, 0.4) is 0 Å². The maximum absolute atomic E-state index is 13.7. The Hall–Kier alpha value is -4.09. The molecular formula is C30H38F3N7O6S. The summed E-state index contributed by atoms with van der Waals surface area (Å²) in [5.74, 6) is -1.40. The molecule has 2 amide bonds. The van der Waals surface area contributed by atoms with Gasteiger partial charge in [-0.25, -0.2) is 8.42 Å². The molecule has 2 atom stereocenters. The summed E-state index contributed by atoms with van der Waals surface area (Å²) in [5.41, 5.74) is 2.57. The summed E-state index contributed by atoms with van der Waals surface area (Å²) in [4.78, 5) is 39.7. The van der Waals surface area contributed by atoms with Crippen LogP contribution >= 0.6 is 0 Å². The first-order chi connectivity index (χ1) is 22.0. The molecule has 2 aliphatic rings. The number of amides is 2. The highest BCUT2D eigenvalue weighted by Crippen LogP contribution is 2.31. The lowest BCUT2D eigenvalue weighted by molar-refractivity contribution is -0.145. The van der Waals surface area contributed by atoms with E-state index in [1.165, 1.54) is 4.90 Å². The van der Waals surface area contributed by atoms with Gasteiger partial charge in [-0.1, -0.05) is 43.3 Å². The van der Waals surface area contributed by atoms with Gasteiger partial charge in [-0.05, 0) is 55.2 Å². The van der Waals surface area contributed by atoms with Gasteiger partial charge in [0.1, 0.15) is 12.6 Å². The predicted molar refractivity (Wildman–Crippen MR) is 162 cm³/mol. The fourth-order valence-corrected chi connectivity index (χ4v) is 6.69. The molecule has 2 aliphatic heterocycles. The van der Waals surface area contributed by atoms with Crippen LogP contribution < -0.4 is 10.7 Å². The molecule has 2 N–H and O–H groups in total. The van der Waals surface area contributed by atoms with Crippen molar-refractivity contribution in [3.63, 3.8) is 0 Å². The van der Waals surface area contributed by atoms with Crippen molar-refractivity contribution in [1.82, 2.24) is 25.1 Å². The SMILES string of the molecule is CCOC(=O)CC1(C)N=NN(CC(=O)N2CCN(S(=O)(=O)c3ccc(C(F)(F)F)cc3)[C@@H](C(=O)NCc3ccc(C(C)C)cc3)C2)N1. The van der Waals surface area contributed by atoms with E-state index >= 15 is 0 Å². The van der Waals surface area contributed by atoms with Crippen LogP contribution in [0.5, 0.6) is 0 Å². The van der Waals surface area contributed by atoms with E-state index in [0.29, 0.717) is 18.1 Å². The molecule has 2 aromatic carbocycles. The van der Waals surface area contributed by atoms with Crippen LogP contribution in [0.1, 0.15) is 56.7 Å². The number of piperazine rings is 1. The maximum Gasteiger partial charge on any atom is 0.416 e. The second kappa shape index (κ2) is 14.4. The smallest absolute Gasteiger partial charge is 0.416 e. The van der Waals surface area contributed by atoms with Crippen molar-refractivity contribution in [2.75, 3.05) is 32.8 Å². The third-order valence-corrected chi connectivity index (χ3v) is 9.63. The number of benzene rings is 2. The number of ether oxygens (including phenoxy) is 1. The quantitative estimate of drug-likeness (QED) is 0.343. The number of hydrogen-bond donors (Lipinski definition) is 2. The number of nitrogens with zero attached hydrogens (tertiary/aromatic N) is 5. The van der Waals surface area contributed by atoms with Crippen LogP contribution in [0.25, 0.3) is 0 Å². The van der Waals surface area contributed by atoms with E-state index in [2.05, 4.69) is 21.1 Å². The molecule has 47 heavy (non-hydrogen) atoms. The molecule has 256 valence electrons. The van der Waals surface area contributed by atoms with E-state index in [4.69, 9.17) is 4.74 Å². The Labute approximate surface area is 271 Å². The highest BCUT2D eigenvalue weighted by Gasteiger charge is 2.43. The highest BCUT2D eigenvalue weighted by atomic mass is 32.2. The van der Waals surface area contributed by atoms with Crippen molar-refractivity contribution in [2.45, 2.75) is 69.4 Å². The molecule has 1 unspecified atom stereocenters. The predicted octanol–water partition coefficient (Wildman–Crippen LogP) is 3.20. The van der Waals surface area contributed by atoms with E-state index < -0.39 is 56.1 Å². The summed E-state index contributed by atoms with van der Waals surface area (Å²) < 4.78 is 72.6. The van der Waals surface area contributed by atoms with Gasteiger partial charge in [0, 0.05) is 26.2 Å². The van der Waals surface area contributed by atoms with E-state index in [1.807, 2.05) is 38.1 Å². The normalized spacial score (nSPS) is 20.5. The summed E-state index contributed by atoms with van der Waals surface area (Å²) in [7, 11) is -4.45. The molecule has 13 nitrogen and oxygen atoms in total. The van der Waals surface area contributed by atoms with Gasteiger partial charge in [0.25, 0.3) is 0 Å². The minimum Gasteiger partial charge on any atom is -0.466 e. The van der Waals surface area contributed by atoms with Crippen LogP contribution in [0.2, 0.25) is 0 Å². The van der Waals surface area contributed by atoms with Gasteiger partial charge >= 0.3 is 12.1 Å². The van der Waals surface area contributed by atoms with Crippen molar-refractivity contribution in [3.05, 3.63) is 65.2 Å². The second-order valence-electron chi connectivity index (χ2n) is 11.7. The third kappa shape index (κ3) is 8.84. The maximum atomic E-state index is 13.7. The minimum absolute atomic E-state index is 0.0763. The highest BCUT2D eigenvalue weighted by molar-refractivity contribution is 7.89.